The minimum Gasteiger partial charge on any atom is -0.497 e. The molecule has 0 aliphatic heterocycles. The molecule has 29 heavy (non-hydrogen) atoms. The predicted molar refractivity (Wildman–Crippen MR) is 105 cm³/mol. The van der Waals surface area contributed by atoms with Crippen LogP contribution < -0.4 is 10.1 Å². The number of carbonyl (C=O) groups excluding carboxylic acids is 1. The van der Waals surface area contributed by atoms with Crippen LogP contribution >= 0.6 is 0 Å². The lowest BCUT2D eigenvalue weighted by atomic mass is 10.3. The van der Waals surface area contributed by atoms with Crippen LogP contribution in [0.4, 0.5) is 5.69 Å². The summed E-state index contributed by atoms with van der Waals surface area (Å²) in [5.74, 6) is 1.85. The van der Waals surface area contributed by atoms with Gasteiger partial charge in [0.05, 0.1) is 12.7 Å². The van der Waals surface area contributed by atoms with E-state index in [-0.39, 0.29) is 12.5 Å². The van der Waals surface area contributed by atoms with Gasteiger partial charge < -0.3 is 19.1 Å². The van der Waals surface area contributed by atoms with Crippen molar-refractivity contribution >= 4 is 11.6 Å². The minimum atomic E-state index is -0.186. The van der Waals surface area contributed by atoms with Gasteiger partial charge in [0.25, 0.3) is 5.89 Å². The van der Waals surface area contributed by atoms with E-state index in [1.165, 1.54) is 0 Å². The molecule has 0 fully saturated rings. The second kappa shape index (κ2) is 7.93. The SMILES string of the molecule is COc1cccc(NC(=O)Cn2cc(-c3noc(-c4cccnc4)n3)nc2C)c1. The predicted octanol–water partition coefficient (Wildman–Crippen LogP) is 2.95. The van der Waals surface area contributed by atoms with Gasteiger partial charge in [-0.25, -0.2) is 4.98 Å². The van der Waals surface area contributed by atoms with Crippen LogP contribution in [0.25, 0.3) is 23.0 Å². The monoisotopic (exact) mass is 390 g/mol. The van der Waals surface area contributed by atoms with Gasteiger partial charge in [0.2, 0.25) is 11.7 Å². The second-order valence-corrected chi connectivity index (χ2v) is 6.25. The van der Waals surface area contributed by atoms with E-state index in [2.05, 4.69) is 25.4 Å². The zero-order valence-corrected chi connectivity index (χ0v) is 15.9. The Balaban J connectivity index is 1.48. The number of nitrogens with zero attached hydrogens (tertiary/aromatic N) is 5. The number of aryl methyl sites for hydroxylation is 1. The van der Waals surface area contributed by atoms with Crippen LogP contribution in [0.5, 0.6) is 5.75 Å². The molecular weight excluding hydrogens is 372 g/mol. The summed E-state index contributed by atoms with van der Waals surface area (Å²) in [6.07, 6.45) is 5.03. The molecule has 4 aromatic rings. The zero-order chi connectivity index (χ0) is 20.2. The third kappa shape index (κ3) is 4.13. The number of hydrogen-bond acceptors (Lipinski definition) is 7. The Kier molecular flexibility index (Phi) is 5.02. The van der Waals surface area contributed by atoms with Crippen molar-refractivity contribution in [1.82, 2.24) is 24.7 Å². The number of anilines is 1. The third-order valence-electron chi connectivity index (χ3n) is 4.21. The number of methoxy groups -OCH3 is 1. The van der Waals surface area contributed by atoms with E-state index in [1.807, 2.05) is 25.1 Å². The van der Waals surface area contributed by atoms with Gasteiger partial charge >= 0.3 is 0 Å². The minimum absolute atomic E-state index is 0.101. The zero-order valence-electron chi connectivity index (χ0n) is 15.9. The molecule has 0 spiro atoms. The number of nitrogens with one attached hydrogen (secondary N) is 1. The van der Waals surface area contributed by atoms with Crippen molar-refractivity contribution in [3.8, 4) is 28.7 Å². The molecule has 0 radical (unpaired) electrons. The first kappa shape index (κ1) is 18.4. The molecule has 0 saturated heterocycles. The topological polar surface area (TPSA) is 108 Å². The molecule has 0 aliphatic rings. The van der Waals surface area contributed by atoms with Gasteiger partial charge in [0, 0.05) is 30.3 Å². The van der Waals surface area contributed by atoms with Crippen LogP contribution in [0.1, 0.15) is 5.82 Å². The van der Waals surface area contributed by atoms with Crippen molar-refractivity contribution in [3.63, 3.8) is 0 Å². The first-order valence-corrected chi connectivity index (χ1v) is 8.84. The number of hydrogen-bond donors (Lipinski definition) is 1. The highest BCUT2D eigenvalue weighted by atomic mass is 16.5. The molecule has 0 atom stereocenters. The van der Waals surface area contributed by atoms with Crippen LogP contribution in [0.3, 0.4) is 0 Å². The van der Waals surface area contributed by atoms with Crippen LogP contribution in [-0.4, -0.2) is 37.7 Å². The van der Waals surface area contributed by atoms with Gasteiger partial charge in [0.1, 0.15) is 23.8 Å². The highest BCUT2D eigenvalue weighted by molar-refractivity contribution is 5.90. The lowest BCUT2D eigenvalue weighted by molar-refractivity contribution is -0.116. The smallest absolute Gasteiger partial charge is 0.259 e. The third-order valence-corrected chi connectivity index (χ3v) is 4.21. The largest absolute Gasteiger partial charge is 0.497 e. The maximum atomic E-state index is 12.4. The number of ether oxygens (including phenoxy) is 1. The Morgan fingerprint density at radius 1 is 1.24 bits per heavy atom. The summed E-state index contributed by atoms with van der Waals surface area (Å²) < 4.78 is 12.2. The molecule has 9 heteroatoms. The fraction of sp³-hybridized carbons (Fsp3) is 0.150. The fourth-order valence-corrected chi connectivity index (χ4v) is 2.77. The fourth-order valence-electron chi connectivity index (χ4n) is 2.77. The number of carbonyl (C=O) groups is 1. The Morgan fingerprint density at radius 2 is 2.14 bits per heavy atom. The summed E-state index contributed by atoms with van der Waals surface area (Å²) in [5, 5.41) is 6.82. The van der Waals surface area contributed by atoms with Crippen molar-refractivity contribution in [2.24, 2.45) is 0 Å². The lowest BCUT2D eigenvalue weighted by Crippen LogP contribution is -2.19. The van der Waals surface area contributed by atoms with Crippen LogP contribution in [0.15, 0.2) is 59.5 Å². The lowest BCUT2D eigenvalue weighted by Gasteiger charge is -2.08. The highest BCUT2D eigenvalue weighted by Crippen LogP contribution is 2.21. The van der Waals surface area contributed by atoms with Crippen molar-refractivity contribution in [2.75, 3.05) is 12.4 Å². The molecule has 1 N–H and O–H groups in total. The molecular formula is C20H18N6O3. The molecule has 0 bridgehead atoms. The highest BCUT2D eigenvalue weighted by Gasteiger charge is 2.16. The van der Waals surface area contributed by atoms with Gasteiger partial charge in [-0.2, -0.15) is 4.98 Å². The molecule has 3 aromatic heterocycles. The maximum absolute atomic E-state index is 12.4. The average Bonchev–Trinajstić information content (AvgIpc) is 3.36. The maximum Gasteiger partial charge on any atom is 0.259 e. The van der Waals surface area contributed by atoms with Gasteiger partial charge in [-0.3, -0.25) is 9.78 Å². The first-order chi connectivity index (χ1) is 14.1. The van der Waals surface area contributed by atoms with Crippen molar-refractivity contribution < 1.29 is 14.1 Å². The summed E-state index contributed by atoms with van der Waals surface area (Å²) in [6.45, 7) is 1.91. The summed E-state index contributed by atoms with van der Waals surface area (Å²) in [7, 11) is 1.58. The quantitative estimate of drug-likeness (QED) is 0.539. The Bertz CT molecular complexity index is 1140. The molecule has 0 unspecified atom stereocenters. The number of amides is 1. The first-order valence-electron chi connectivity index (χ1n) is 8.84. The normalized spacial score (nSPS) is 10.7. The molecule has 0 saturated carbocycles. The van der Waals surface area contributed by atoms with Gasteiger partial charge in [0.15, 0.2) is 0 Å². The van der Waals surface area contributed by atoms with E-state index in [0.717, 1.165) is 5.56 Å². The van der Waals surface area contributed by atoms with Crippen LogP contribution in [-0.2, 0) is 11.3 Å². The standard InChI is InChI=1S/C20H18N6O3/c1-13-22-17(19-24-20(29-25-19)14-5-4-8-21-10-14)11-26(13)12-18(27)23-15-6-3-7-16(9-15)28-2/h3-11H,12H2,1-2H3,(H,23,27). The average molecular weight is 390 g/mol. The van der Waals surface area contributed by atoms with E-state index in [1.54, 1.807) is 48.5 Å². The number of pyridine rings is 1. The van der Waals surface area contributed by atoms with E-state index >= 15 is 0 Å². The molecule has 146 valence electrons. The summed E-state index contributed by atoms with van der Waals surface area (Å²) >= 11 is 0. The Hall–Kier alpha value is -4.01. The number of aromatic nitrogens is 5. The van der Waals surface area contributed by atoms with Crippen molar-refractivity contribution in [1.29, 1.82) is 0 Å². The van der Waals surface area contributed by atoms with Crippen molar-refractivity contribution in [3.05, 3.63) is 60.8 Å². The molecule has 1 amide bonds. The summed E-state index contributed by atoms with van der Waals surface area (Å²) in [6, 6.07) is 10.8. The van der Waals surface area contributed by atoms with E-state index < -0.39 is 0 Å². The van der Waals surface area contributed by atoms with Crippen LogP contribution in [0, 0.1) is 6.92 Å². The van der Waals surface area contributed by atoms with Gasteiger partial charge in [-0.1, -0.05) is 11.2 Å². The Morgan fingerprint density at radius 3 is 2.93 bits per heavy atom. The number of imidazole rings is 1. The summed E-state index contributed by atoms with van der Waals surface area (Å²) in [4.78, 5) is 25.3. The van der Waals surface area contributed by atoms with Crippen molar-refractivity contribution in [2.45, 2.75) is 13.5 Å². The van der Waals surface area contributed by atoms with E-state index in [0.29, 0.717) is 34.7 Å². The molecule has 4 rings (SSSR count). The summed E-state index contributed by atoms with van der Waals surface area (Å²) in [5.41, 5.74) is 1.90. The van der Waals surface area contributed by atoms with E-state index in [4.69, 9.17) is 9.26 Å². The molecule has 0 aliphatic carbocycles. The molecule has 1 aromatic carbocycles. The second-order valence-electron chi connectivity index (χ2n) is 6.25. The van der Waals surface area contributed by atoms with Gasteiger partial charge in [-0.05, 0) is 31.2 Å². The van der Waals surface area contributed by atoms with E-state index in [9.17, 15) is 4.79 Å². The number of benzene rings is 1. The molecule has 3 heterocycles. The molecule has 9 nitrogen and oxygen atoms in total. The Labute approximate surface area is 166 Å². The van der Waals surface area contributed by atoms with Gasteiger partial charge in [-0.15, -0.1) is 0 Å². The van der Waals surface area contributed by atoms with Crippen LogP contribution in [0.2, 0.25) is 0 Å². The number of rotatable bonds is 6.